The van der Waals surface area contributed by atoms with Crippen LogP contribution in [0, 0.1) is 0 Å². The van der Waals surface area contributed by atoms with Crippen molar-refractivity contribution in [3.8, 4) is 0 Å². The van der Waals surface area contributed by atoms with Crippen molar-refractivity contribution in [1.29, 1.82) is 0 Å². The van der Waals surface area contributed by atoms with Crippen LogP contribution in [0.15, 0.2) is 36.5 Å². The number of rotatable bonds is 60. The van der Waals surface area contributed by atoms with Gasteiger partial charge in [-0.25, -0.2) is 0 Å². The molecule has 0 aliphatic heterocycles. The van der Waals surface area contributed by atoms with Gasteiger partial charge >= 0.3 is 17.9 Å². The van der Waals surface area contributed by atoms with Crippen LogP contribution in [-0.2, 0) is 28.6 Å². The Morgan fingerprint density at radius 3 is 0.726 bits per heavy atom. The molecule has 6 nitrogen and oxygen atoms in total. The van der Waals surface area contributed by atoms with Gasteiger partial charge in [-0.1, -0.05) is 282 Å². The van der Waals surface area contributed by atoms with Crippen LogP contribution in [-0.4, -0.2) is 37.2 Å². The van der Waals surface area contributed by atoms with Gasteiger partial charge in [-0.05, 0) is 89.9 Å². The number of allylic oxidation sites excluding steroid dienone is 6. The summed E-state index contributed by atoms with van der Waals surface area (Å²) in [6.07, 6.45) is 75.9. The Morgan fingerprint density at radius 2 is 0.466 bits per heavy atom. The summed E-state index contributed by atoms with van der Waals surface area (Å²) in [5.74, 6) is -0.864. The van der Waals surface area contributed by atoms with E-state index in [1.165, 1.54) is 250 Å². The van der Waals surface area contributed by atoms with Gasteiger partial charge in [0.05, 0.1) is 0 Å². The summed E-state index contributed by atoms with van der Waals surface area (Å²) < 4.78 is 16.9. The van der Waals surface area contributed by atoms with E-state index in [-0.39, 0.29) is 31.1 Å². The van der Waals surface area contributed by atoms with Crippen LogP contribution >= 0.6 is 0 Å². The first-order valence-electron chi connectivity index (χ1n) is 32.5. The normalized spacial score (nSPS) is 12.2. The van der Waals surface area contributed by atoms with E-state index in [0.717, 1.165) is 64.2 Å². The monoisotopic (exact) mass is 1020 g/mol. The van der Waals surface area contributed by atoms with Gasteiger partial charge in [-0.15, -0.1) is 0 Å². The van der Waals surface area contributed by atoms with Gasteiger partial charge < -0.3 is 14.2 Å². The zero-order valence-electron chi connectivity index (χ0n) is 49.2. The van der Waals surface area contributed by atoms with Crippen LogP contribution < -0.4 is 0 Å². The Kier molecular flexibility index (Phi) is 60.2. The van der Waals surface area contributed by atoms with Crippen LogP contribution in [0.5, 0.6) is 0 Å². The average Bonchev–Trinajstić information content (AvgIpc) is 3.39. The predicted octanol–water partition coefficient (Wildman–Crippen LogP) is 22.0. The summed E-state index contributed by atoms with van der Waals surface area (Å²) in [4.78, 5) is 38.2. The lowest BCUT2D eigenvalue weighted by molar-refractivity contribution is -0.167. The van der Waals surface area contributed by atoms with E-state index >= 15 is 0 Å². The SMILES string of the molecule is CCCC/C=C\CCCCCCCC(=O)OCC(COC(=O)CCCCCCCCCCCCCCC/C=C\CCCCCCCCCC)OC(=O)CCCCCCCCCCC/C=C\CCCCCCCC. The third-order valence-electron chi connectivity index (χ3n) is 14.6. The number of carbonyl (C=O) groups excluding carboxylic acids is 3. The molecule has 6 heteroatoms. The highest BCUT2D eigenvalue weighted by molar-refractivity contribution is 5.71. The molecule has 0 saturated heterocycles. The van der Waals surface area contributed by atoms with Crippen molar-refractivity contribution in [1.82, 2.24) is 0 Å². The van der Waals surface area contributed by atoms with Crippen molar-refractivity contribution >= 4 is 17.9 Å². The second-order valence-electron chi connectivity index (χ2n) is 22.0. The molecule has 0 saturated carbocycles. The molecular formula is C67H124O6. The number of hydrogen-bond donors (Lipinski definition) is 0. The lowest BCUT2D eigenvalue weighted by Gasteiger charge is -2.18. The fraction of sp³-hybridized carbons (Fsp3) is 0.866. The Bertz CT molecular complexity index is 1220. The molecule has 0 N–H and O–H groups in total. The molecule has 1 unspecified atom stereocenters. The zero-order valence-corrected chi connectivity index (χ0v) is 49.2. The van der Waals surface area contributed by atoms with E-state index in [2.05, 4.69) is 57.2 Å². The zero-order chi connectivity index (χ0) is 52.9. The Hall–Kier alpha value is -2.37. The average molecular weight is 1030 g/mol. The molecule has 0 aliphatic rings. The van der Waals surface area contributed by atoms with E-state index in [0.29, 0.717) is 19.3 Å². The topological polar surface area (TPSA) is 78.9 Å². The summed E-state index contributed by atoms with van der Waals surface area (Å²) in [7, 11) is 0. The van der Waals surface area contributed by atoms with Gasteiger partial charge in [0.25, 0.3) is 0 Å². The van der Waals surface area contributed by atoms with Crippen LogP contribution in [0.1, 0.15) is 355 Å². The maximum atomic E-state index is 12.9. The van der Waals surface area contributed by atoms with E-state index in [1.807, 2.05) is 0 Å². The Labute approximate surface area is 455 Å². The molecule has 0 fully saturated rings. The number of esters is 3. The lowest BCUT2D eigenvalue weighted by Crippen LogP contribution is -2.30. The highest BCUT2D eigenvalue weighted by Crippen LogP contribution is 2.17. The molecule has 0 aliphatic carbocycles. The van der Waals surface area contributed by atoms with E-state index in [1.54, 1.807) is 0 Å². The third-order valence-corrected chi connectivity index (χ3v) is 14.6. The van der Waals surface area contributed by atoms with Crippen molar-refractivity contribution < 1.29 is 28.6 Å². The number of unbranched alkanes of at least 4 members (excludes halogenated alkanes) is 43. The molecule has 0 spiro atoms. The molecule has 1 atom stereocenters. The number of carbonyl (C=O) groups is 3. The second-order valence-corrected chi connectivity index (χ2v) is 22.0. The van der Waals surface area contributed by atoms with Crippen LogP contribution in [0.3, 0.4) is 0 Å². The van der Waals surface area contributed by atoms with Crippen LogP contribution in [0.4, 0.5) is 0 Å². The summed E-state index contributed by atoms with van der Waals surface area (Å²) in [6.45, 7) is 6.64. The molecule has 0 aromatic carbocycles. The molecule has 0 aromatic rings. The molecule has 428 valence electrons. The standard InChI is InChI=1S/C67H124O6/c1-4-7-10-13-16-19-22-24-26-28-30-31-32-33-34-35-37-38-40-42-45-48-51-54-57-60-66(69)72-63-64(62-71-65(68)59-56-53-50-47-44-21-18-15-12-9-6-3)73-67(70)61-58-55-52-49-46-43-41-39-36-29-27-25-23-20-17-14-11-8-5-2/h15,18,25,27-28,30,64H,4-14,16-17,19-24,26,29,31-63H2,1-3H3/b18-15-,27-25-,30-28-. The third kappa shape index (κ3) is 60.4. The van der Waals surface area contributed by atoms with Gasteiger partial charge in [0.15, 0.2) is 6.10 Å². The maximum Gasteiger partial charge on any atom is 0.306 e. The van der Waals surface area contributed by atoms with Crippen molar-refractivity contribution in [2.45, 2.75) is 361 Å². The smallest absolute Gasteiger partial charge is 0.306 e. The van der Waals surface area contributed by atoms with E-state index < -0.39 is 6.10 Å². The van der Waals surface area contributed by atoms with E-state index in [4.69, 9.17) is 14.2 Å². The van der Waals surface area contributed by atoms with Gasteiger partial charge in [0, 0.05) is 19.3 Å². The number of hydrogen-bond acceptors (Lipinski definition) is 6. The Morgan fingerprint density at radius 1 is 0.260 bits per heavy atom. The van der Waals surface area contributed by atoms with Crippen LogP contribution in [0.2, 0.25) is 0 Å². The summed E-state index contributed by atoms with van der Waals surface area (Å²) in [5, 5.41) is 0. The fourth-order valence-electron chi connectivity index (χ4n) is 9.65. The van der Waals surface area contributed by atoms with Crippen molar-refractivity contribution in [3.63, 3.8) is 0 Å². The van der Waals surface area contributed by atoms with Gasteiger partial charge in [-0.2, -0.15) is 0 Å². The van der Waals surface area contributed by atoms with Crippen molar-refractivity contribution in [2.75, 3.05) is 13.2 Å². The van der Waals surface area contributed by atoms with Gasteiger partial charge in [0.1, 0.15) is 13.2 Å². The minimum absolute atomic E-state index is 0.0724. The highest BCUT2D eigenvalue weighted by atomic mass is 16.6. The largest absolute Gasteiger partial charge is 0.462 e. The lowest BCUT2D eigenvalue weighted by atomic mass is 10.0. The highest BCUT2D eigenvalue weighted by Gasteiger charge is 2.19. The number of ether oxygens (including phenoxy) is 3. The molecule has 0 heterocycles. The first-order valence-corrected chi connectivity index (χ1v) is 32.5. The fourth-order valence-corrected chi connectivity index (χ4v) is 9.65. The minimum atomic E-state index is -0.775. The molecule has 0 rings (SSSR count). The predicted molar refractivity (Wildman–Crippen MR) is 316 cm³/mol. The molecule has 0 aromatic heterocycles. The van der Waals surface area contributed by atoms with Gasteiger partial charge in [-0.3, -0.25) is 14.4 Å². The quantitative estimate of drug-likeness (QED) is 0.0261. The Balaban J connectivity index is 4.21. The maximum absolute atomic E-state index is 12.9. The minimum Gasteiger partial charge on any atom is -0.462 e. The van der Waals surface area contributed by atoms with Crippen LogP contribution in [0.25, 0.3) is 0 Å². The molecule has 0 radical (unpaired) electrons. The molecular weight excluding hydrogens is 901 g/mol. The summed E-state index contributed by atoms with van der Waals surface area (Å²) in [5.41, 5.74) is 0. The van der Waals surface area contributed by atoms with E-state index in [9.17, 15) is 14.4 Å². The van der Waals surface area contributed by atoms with Crippen molar-refractivity contribution in [2.24, 2.45) is 0 Å². The first kappa shape index (κ1) is 70.6. The molecule has 0 bridgehead atoms. The summed E-state index contributed by atoms with van der Waals surface area (Å²) in [6, 6.07) is 0. The molecule has 0 amide bonds. The van der Waals surface area contributed by atoms with Gasteiger partial charge in [0.2, 0.25) is 0 Å². The summed E-state index contributed by atoms with van der Waals surface area (Å²) >= 11 is 0. The molecule has 73 heavy (non-hydrogen) atoms. The second kappa shape index (κ2) is 62.2. The first-order chi connectivity index (χ1) is 36.0. The van der Waals surface area contributed by atoms with Crippen molar-refractivity contribution in [3.05, 3.63) is 36.5 Å².